The zero-order valence-electron chi connectivity index (χ0n) is 7.55. The minimum absolute atomic E-state index is 0.403. The summed E-state index contributed by atoms with van der Waals surface area (Å²) in [5.41, 5.74) is 0.930. The molecular weight excluding hydrogens is 184 g/mol. The number of carbonyl (C=O) groups is 1. The van der Waals surface area contributed by atoms with E-state index in [1.165, 1.54) is 0 Å². The van der Waals surface area contributed by atoms with E-state index in [1.54, 1.807) is 24.5 Å². The Bertz CT molecular complexity index is 289. The fourth-order valence-electron chi connectivity index (χ4n) is 0.972. The normalized spacial score (nSPS) is 12.4. The first-order valence-electron chi connectivity index (χ1n) is 4.20. The van der Waals surface area contributed by atoms with Gasteiger partial charge < -0.3 is 10.2 Å². The van der Waals surface area contributed by atoms with Gasteiger partial charge in [-0.15, -0.1) is 0 Å². The highest BCUT2D eigenvalue weighted by Gasteiger charge is 2.14. The summed E-state index contributed by atoms with van der Waals surface area (Å²) in [6.07, 6.45) is 3.26. The SMILES string of the molecule is O=C(O)[C@H](CO)NCc1ccncc1. The van der Waals surface area contributed by atoms with E-state index in [9.17, 15) is 4.79 Å². The fraction of sp³-hybridized carbons (Fsp3) is 0.333. The third-order valence-corrected chi connectivity index (χ3v) is 1.78. The second kappa shape index (κ2) is 5.31. The van der Waals surface area contributed by atoms with Crippen molar-refractivity contribution in [2.45, 2.75) is 12.6 Å². The molecule has 1 aromatic rings. The Balaban J connectivity index is 2.44. The molecule has 0 aliphatic rings. The van der Waals surface area contributed by atoms with Crippen molar-refractivity contribution in [2.75, 3.05) is 6.61 Å². The summed E-state index contributed by atoms with van der Waals surface area (Å²) in [5, 5.41) is 20.0. The number of nitrogens with one attached hydrogen (secondary N) is 1. The predicted octanol–water partition coefficient (Wildman–Crippen LogP) is -0.383. The second-order valence-corrected chi connectivity index (χ2v) is 2.81. The highest BCUT2D eigenvalue weighted by molar-refractivity contribution is 5.73. The number of rotatable bonds is 5. The van der Waals surface area contributed by atoms with E-state index in [1.807, 2.05) is 0 Å². The third-order valence-electron chi connectivity index (χ3n) is 1.78. The van der Waals surface area contributed by atoms with Gasteiger partial charge in [-0.1, -0.05) is 0 Å². The minimum atomic E-state index is -1.05. The Morgan fingerprint density at radius 2 is 2.14 bits per heavy atom. The van der Waals surface area contributed by atoms with E-state index < -0.39 is 18.6 Å². The molecule has 1 heterocycles. The lowest BCUT2D eigenvalue weighted by Gasteiger charge is -2.10. The van der Waals surface area contributed by atoms with Crippen LogP contribution >= 0.6 is 0 Å². The lowest BCUT2D eigenvalue weighted by Crippen LogP contribution is -2.39. The lowest BCUT2D eigenvalue weighted by molar-refractivity contribution is -0.140. The Labute approximate surface area is 81.4 Å². The van der Waals surface area contributed by atoms with Crippen molar-refractivity contribution in [3.05, 3.63) is 30.1 Å². The van der Waals surface area contributed by atoms with E-state index in [0.29, 0.717) is 6.54 Å². The van der Waals surface area contributed by atoms with Crippen molar-refractivity contribution in [3.8, 4) is 0 Å². The van der Waals surface area contributed by atoms with Crippen LogP contribution in [0.2, 0.25) is 0 Å². The highest BCUT2D eigenvalue weighted by atomic mass is 16.4. The molecule has 0 radical (unpaired) electrons. The van der Waals surface area contributed by atoms with Crippen LogP contribution in [-0.2, 0) is 11.3 Å². The topological polar surface area (TPSA) is 82.5 Å². The second-order valence-electron chi connectivity index (χ2n) is 2.81. The molecule has 0 spiro atoms. The van der Waals surface area contributed by atoms with Gasteiger partial charge in [0.2, 0.25) is 0 Å². The summed E-state index contributed by atoms with van der Waals surface area (Å²) in [6.45, 7) is -0.0134. The molecule has 0 aliphatic carbocycles. The number of carboxylic acids is 1. The molecule has 1 atom stereocenters. The van der Waals surface area contributed by atoms with Gasteiger partial charge >= 0.3 is 5.97 Å². The molecule has 0 saturated carbocycles. The Morgan fingerprint density at radius 3 is 2.64 bits per heavy atom. The van der Waals surface area contributed by atoms with Gasteiger partial charge in [-0.3, -0.25) is 15.1 Å². The molecule has 0 aliphatic heterocycles. The van der Waals surface area contributed by atoms with Crippen molar-refractivity contribution in [3.63, 3.8) is 0 Å². The molecule has 0 fully saturated rings. The van der Waals surface area contributed by atoms with E-state index in [-0.39, 0.29) is 0 Å². The quantitative estimate of drug-likeness (QED) is 0.597. The maximum atomic E-state index is 10.5. The Morgan fingerprint density at radius 1 is 1.50 bits per heavy atom. The predicted molar refractivity (Wildman–Crippen MR) is 49.6 cm³/mol. The Hall–Kier alpha value is -1.46. The van der Waals surface area contributed by atoms with Gasteiger partial charge in [-0.2, -0.15) is 0 Å². The highest BCUT2D eigenvalue weighted by Crippen LogP contribution is 1.96. The van der Waals surface area contributed by atoms with E-state index in [0.717, 1.165) is 5.56 Å². The number of aromatic nitrogens is 1. The number of hydrogen-bond donors (Lipinski definition) is 3. The number of aliphatic hydroxyl groups is 1. The Kier molecular flexibility index (Phi) is 4.03. The van der Waals surface area contributed by atoms with Gasteiger partial charge in [0.25, 0.3) is 0 Å². The molecule has 1 aromatic heterocycles. The maximum absolute atomic E-state index is 10.5. The molecule has 0 aromatic carbocycles. The lowest BCUT2D eigenvalue weighted by atomic mass is 10.2. The summed E-state index contributed by atoms with van der Waals surface area (Å²) in [5.74, 6) is -1.05. The zero-order chi connectivity index (χ0) is 10.4. The zero-order valence-corrected chi connectivity index (χ0v) is 7.55. The molecule has 0 amide bonds. The van der Waals surface area contributed by atoms with Crippen LogP contribution in [0.25, 0.3) is 0 Å². The van der Waals surface area contributed by atoms with Gasteiger partial charge in [0, 0.05) is 18.9 Å². The van der Waals surface area contributed by atoms with Crippen LogP contribution in [-0.4, -0.2) is 33.8 Å². The fourth-order valence-corrected chi connectivity index (χ4v) is 0.972. The van der Waals surface area contributed by atoms with Gasteiger partial charge in [0.15, 0.2) is 0 Å². The van der Waals surface area contributed by atoms with Crippen LogP contribution < -0.4 is 5.32 Å². The molecule has 1 rings (SSSR count). The van der Waals surface area contributed by atoms with Gasteiger partial charge in [-0.25, -0.2) is 0 Å². The van der Waals surface area contributed by atoms with Crippen molar-refractivity contribution in [2.24, 2.45) is 0 Å². The van der Waals surface area contributed by atoms with Crippen molar-refractivity contribution >= 4 is 5.97 Å². The molecule has 5 heteroatoms. The van der Waals surface area contributed by atoms with Crippen molar-refractivity contribution < 1.29 is 15.0 Å². The average Bonchev–Trinajstić information content (AvgIpc) is 2.20. The van der Waals surface area contributed by atoms with Crippen molar-refractivity contribution in [1.29, 1.82) is 0 Å². The number of carboxylic acid groups (broad SMARTS) is 1. The van der Waals surface area contributed by atoms with Gasteiger partial charge in [-0.05, 0) is 17.7 Å². The van der Waals surface area contributed by atoms with Crippen LogP contribution in [0, 0.1) is 0 Å². The summed E-state index contributed by atoms with van der Waals surface area (Å²) in [6, 6.07) is 2.65. The van der Waals surface area contributed by atoms with Crippen molar-refractivity contribution in [1.82, 2.24) is 10.3 Å². The van der Waals surface area contributed by atoms with E-state index >= 15 is 0 Å². The molecule has 5 nitrogen and oxygen atoms in total. The summed E-state index contributed by atoms with van der Waals surface area (Å²) < 4.78 is 0. The summed E-state index contributed by atoms with van der Waals surface area (Å²) in [7, 11) is 0. The number of aliphatic carboxylic acids is 1. The minimum Gasteiger partial charge on any atom is -0.480 e. The van der Waals surface area contributed by atoms with E-state index in [2.05, 4.69) is 10.3 Å². The van der Waals surface area contributed by atoms with Crippen LogP contribution in [0.5, 0.6) is 0 Å². The summed E-state index contributed by atoms with van der Waals surface area (Å²) in [4.78, 5) is 14.4. The third kappa shape index (κ3) is 3.12. The first-order valence-corrected chi connectivity index (χ1v) is 4.20. The number of hydrogen-bond acceptors (Lipinski definition) is 4. The first kappa shape index (κ1) is 10.6. The standard InChI is InChI=1S/C9H12N2O3/c12-6-8(9(13)14)11-5-7-1-3-10-4-2-7/h1-4,8,11-12H,5-6H2,(H,13,14)/t8-/m0/s1. The summed E-state index contributed by atoms with van der Waals surface area (Å²) >= 11 is 0. The molecule has 0 bridgehead atoms. The molecule has 14 heavy (non-hydrogen) atoms. The molecule has 0 unspecified atom stereocenters. The number of nitrogens with zero attached hydrogens (tertiary/aromatic N) is 1. The first-order chi connectivity index (χ1) is 6.74. The molecule has 3 N–H and O–H groups in total. The van der Waals surface area contributed by atoms with Crippen LogP contribution in [0.15, 0.2) is 24.5 Å². The molecule has 76 valence electrons. The number of pyridine rings is 1. The smallest absolute Gasteiger partial charge is 0.323 e. The van der Waals surface area contributed by atoms with Crippen LogP contribution in [0.4, 0.5) is 0 Å². The van der Waals surface area contributed by atoms with E-state index in [4.69, 9.17) is 10.2 Å². The maximum Gasteiger partial charge on any atom is 0.323 e. The molecule has 0 saturated heterocycles. The largest absolute Gasteiger partial charge is 0.480 e. The monoisotopic (exact) mass is 196 g/mol. The van der Waals surface area contributed by atoms with Gasteiger partial charge in [0.05, 0.1) is 6.61 Å². The number of aliphatic hydroxyl groups excluding tert-OH is 1. The average molecular weight is 196 g/mol. The van der Waals surface area contributed by atoms with Crippen LogP contribution in [0.3, 0.4) is 0 Å². The van der Waals surface area contributed by atoms with Gasteiger partial charge in [0.1, 0.15) is 6.04 Å². The molecular formula is C9H12N2O3. The van der Waals surface area contributed by atoms with Crippen LogP contribution in [0.1, 0.15) is 5.56 Å².